The van der Waals surface area contributed by atoms with Gasteiger partial charge in [-0.05, 0) is 41.6 Å². The largest absolute Gasteiger partial charge is 0.164 e. The second-order valence-electron chi connectivity index (χ2n) is 3.07. The minimum atomic E-state index is 0.244. The molecule has 0 unspecified atom stereocenters. The Morgan fingerprint density at radius 2 is 1.40 bits per heavy atom. The van der Waals surface area contributed by atoms with Crippen LogP contribution in [0.4, 0.5) is 0 Å². The van der Waals surface area contributed by atoms with Gasteiger partial charge in [-0.3, -0.25) is 0 Å². The zero-order chi connectivity index (χ0) is 11.4. The van der Waals surface area contributed by atoms with E-state index >= 15 is 0 Å². The van der Waals surface area contributed by atoms with Gasteiger partial charge in [-0.25, -0.2) is 0 Å². The molecule has 0 bridgehead atoms. The highest BCUT2D eigenvalue weighted by molar-refractivity contribution is 8.04. The van der Waals surface area contributed by atoms with Crippen molar-refractivity contribution in [3.05, 3.63) is 0 Å². The molecule has 0 aliphatic heterocycles. The van der Waals surface area contributed by atoms with Crippen LogP contribution in [0, 0.1) is 0 Å². The van der Waals surface area contributed by atoms with Gasteiger partial charge in [0.05, 0.1) is 4.58 Å². The molecular formula is C10H22S5. The van der Waals surface area contributed by atoms with Crippen LogP contribution in [-0.4, -0.2) is 39.1 Å². The summed E-state index contributed by atoms with van der Waals surface area (Å²) in [5, 5.41) is 0. The average molecular weight is 303 g/mol. The summed E-state index contributed by atoms with van der Waals surface area (Å²) in [6.07, 6.45) is 2.69. The second-order valence-corrected chi connectivity index (χ2v) is 8.49. The predicted molar refractivity (Wildman–Crippen MR) is 88.6 cm³/mol. The smallest absolute Gasteiger partial charge is 0.0532 e. The van der Waals surface area contributed by atoms with Crippen LogP contribution in [-0.2, 0) is 0 Å². The fourth-order valence-corrected chi connectivity index (χ4v) is 4.22. The van der Waals surface area contributed by atoms with E-state index < -0.39 is 0 Å². The third kappa shape index (κ3) is 15.8. The number of rotatable bonds is 11. The van der Waals surface area contributed by atoms with Crippen LogP contribution in [0.2, 0.25) is 0 Å². The van der Waals surface area contributed by atoms with Crippen LogP contribution in [0.3, 0.4) is 0 Å². The van der Waals surface area contributed by atoms with Gasteiger partial charge in [0.25, 0.3) is 0 Å². The summed E-state index contributed by atoms with van der Waals surface area (Å²) in [7, 11) is 0. The van der Waals surface area contributed by atoms with Crippen LogP contribution in [0.25, 0.3) is 0 Å². The number of hydrogen-bond acceptors (Lipinski definition) is 5. The Labute approximate surface area is 119 Å². The average Bonchev–Trinajstić information content (AvgIpc) is 2.20. The van der Waals surface area contributed by atoms with Gasteiger partial charge >= 0.3 is 0 Å². The molecule has 0 aromatic rings. The molecule has 0 aliphatic rings. The van der Waals surface area contributed by atoms with Crippen LogP contribution in [0.1, 0.15) is 19.8 Å². The van der Waals surface area contributed by atoms with E-state index in [-0.39, 0.29) is 4.58 Å². The van der Waals surface area contributed by atoms with Crippen molar-refractivity contribution in [2.45, 2.75) is 24.3 Å². The Morgan fingerprint density at radius 3 is 1.93 bits per heavy atom. The summed E-state index contributed by atoms with van der Waals surface area (Å²) in [6, 6.07) is 0. The first kappa shape index (κ1) is 16.8. The first-order valence-corrected chi connectivity index (χ1v) is 9.86. The minimum absolute atomic E-state index is 0.244. The van der Waals surface area contributed by atoms with Gasteiger partial charge in [0, 0.05) is 5.75 Å². The third-order valence-electron chi connectivity index (χ3n) is 1.63. The molecular weight excluding hydrogens is 280 g/mol. The monoisotopic (exact) mass is 302 g/mol. The number of thiol groups is 2. The second kappa shape index (κ2) is 13.8. The van der Waals surface area contributed by atoms with Crippen molar-refractivity contribution >= 4 is 60.5 Å². The van der Waals surface area contributed by atoms with Crippen molar-refractivity contribution in [1.82, 2.24) is 0 Å². The molecule has 0 N–H and O–H groups in total. The molecule has 0 saturated heterocycles. The predicted octanol–water partition coefficient (Wildman–Crippen LogP) is 4.17. The van der Waals surface area contributed by atoms with Gasteiger partial charge < -0.3 is 0 Å². The Hall–Kier alpha value is 1.75. The van der Waals surface area contributed by atoms with Crippen molar-refractivity contribution in [1.29, 1.82) is 0 Å². The summed E-state index contributed by atoms with van der Waals surface area (Å²) < 4.78 is 0.244. The lowest BCUT2D eigenvalue weighted by molar-refractivity contribution is 1.09. The Bertz CT molecular complexity index is 118. The van der Waals surface area contributed by atoms with Gasteiger partial charge in [-0.1, -0.05) is 6.92 Å². The van der Waals surface area contributed by atoms with E-state index in [1.165, 1.54) is 41.6 Å². The van der Waals surface area contributed by atoms with Gasteiger partial charge in [-0.2, -0.15) is 60.5 Å². The molecule has 0 fully saturated rings. The zero-order valence-electron chi connectivity index (χ0n) is 9.35. The molecule has 0 spiro atoms. The maximum atomic E-state index is 4.22. The fraction of sp³-hybridized carbons (Fsp3) is 1.00. The molecule has 0 rings (SSSR count). The number of thioether (sulfide) groups is 3. The highest BCUT2D eigenvalue weighted by Gasteiger charge is 1.96. The standard InChI is InChI=1S/C10H22S5/c1-2-13-5-3-6-14-7-4-8-15-9-10(11)12/h10-12H,2-9H2,1H3. The summed E-state index contributed by atoms with van der Waals surface area (Å²) in [5.41, 5.74) is 0. The minimum Gasteiger partial charge on any atom is -0.164 e. The first-order valence-electron chi connectivity index (χ1n) is 5.36. The van der Waals surface area contributed by atoms with Crippen LogP contribution in [0.5, 0.6) is 0 Å². The quantitative estimate of drug-likeness (QED) is 0.334. The van der Waals surface area contributed by atoms with Crippen LogP contribution >= 0.6 is 60.5 Å². The van der Waals surface area contributed by atoms with Gasteiger partial charge in [0.1, 0.15) is 0 Å². The zero-order valence-corrected chi connectivity index (χ0v) is 13.6. The lowest BCUT2D eigenvalue weighted by Crippen LogP contribution is -1.94. The Balaban J connectivity index is 2.87. The van der Waals surface area contributed by atoms with Gasteiger partial charge in [0.15, 0.2) is 0 Å². The highest BCUT2D eigenvalue weighted by Crippen LogP contribution is 2.14. The summed E-state index contributed by atoms with van der Waals surface area (Å²) in [5.74, 6) is 7.56. The first-order chi connectivity index (χ1) is 7.27. The fourth-order valence-electron chi connectivity index (χ4n) is 0.961. The summed E-state index contributed by atoms with van der Waals surface area (Å²) in [6.45, 7) is 2.23. The van der Waals surface area contributed by atoms with E-state index in [9.17, 15) is 0 Å². The van der Waals surface area contributed by atoms with E-state index in [4.69, 9.17) is 0 Å². The number of hydrogen-bond donors (Lipinski definition) is 2. The van der Waals surface area contributed by atoms with E-state index in [1.54, 1.807) is 0 Å². The van der Waals surface area contributed by atoms with Crippen molar-refractivity contribution < 1.29 is 0 Å². The molecule has 0 saturated carbocycles. The summed E-state index contributed by atoms with van der Waals surface area (Å²) >= 11 is 14.6. The molecule has 92 valence electrons. The Morgan fingerprint density at radius 1 is 0.867 bits per heavy atom. The van der Waals surface area contributed by atoms with Crippen molar-refractivity contribution in [3.63, 3.8) is 0 Å². The third-order valence-corrected chi connectivity index (χ3v) is 5.77. The molecule has 0 radical (unpaired) electrons. The SMILES string of the molecule is CCSCCCSCCCSCC(S)S. The maximum absolute atomic E-state index is 4.22. The summed E-state index contributed by atoms with van der Waals surface area (Å²) in [4.78, 5) is 0. The van der Waals surface area contributed by atoms with Crippen molar-refractivity contribution in [2.24, 2.45) is 0 Å². The van der Waals surface area contributed by atoms with Gasteiger partial charge in [-0.15, -0.1) is 0 Å². The molecule has 0 aromatic carbocycles. The van der Waals surface area contributed by atoms with E-state index in [0.717, 1.165) is 5.75 Å². The van der Waals surface area contributed by atoms with E-state index in [1.807, 2.05) is 23.5 Å². The lowest BCUT2D eigenvalue weighted by atomic mass is 10.6. The molecule has 15 heavy (non-hydrogen) atoms. The van der Waals surface area contributed by atoms with E-state index in [2.05, 4.69) is 43.9 Å². The van der Waals surface area contributed by atoms with Crippen LogP contribution < -0.4 is 0 Å². The maximum Gasteiger partial charge on any atom is 0.0532 e. The molecule has 0 nitrogen and oxygen atoms in total. The molecule has 0 amide bonds. The Kier molecular flexibility index (Phi) is 15.4. The normalized spacial score (nSPS) is 11.2. The molecule has 0 heterocycles. The lowest BCUT2D eigenvalue weighted by Gasteiger charge is -2.03. The molecule has 0 atom stereocenters. The highest BCUT2D eigenvalue weighted by atomic mass is 32.2. The topological polar surface area (TPSA) is 0 Å². The molecule has 5 heteroatoms. The van der Waals surface area contributed by atoms with Crippen molar-refractivity contribution in [2.75, 3.05) is 34.5 Å². The van der Waals surface area contributed by atoms with E-state index in [0.29, 0.717) is 0 Å². The van der Waals surface area contributed by atoms with Gasteiger partial charge in [0.2, 0.25) is 0 Å². The van der Waals surface area contributed by atoms with Crippen molar-refractivity contribution in [3.8, 4) is 0 Å². The molecule has 0 aliphatic carbocycles. The van der Waals surface area contributed by atoms with Crippen LogP contribution in [0.15, 0.2) is 0 Å². The molecule has 0 aromatic heterocycles.